The Morgan fingerprint density at radius 1 is 1.14 bits per heavy atom. The number of esters is 1. The number of fused-ring (bicyclic) bond motifs is 2. The summed E-state index contributed by atoms with van der Waals surface area (Å²) >= 11 is 0. The van der Waals surface area contributed by atoms with Crippen molar-refractivity contribution in [3.8, 4) is 11.8 Å². The van der Waals surface area contributed by atoms with Crippen molar-refractivity contribution in [3.63, 3.8) is 0 Å². The zero-order valence-electron chi connectivity index (χ0n) is 19.6. The van der Waals surface area contributed by atoms with Crippen LogP contribution >= 0.6 is 0 Å². The summed E-state index contributed by atoms with van der Waals surface area (Å²) in [5.74, 6) is -0.474. The number of nitrogens with zero attached hydrogens (tertiary/aromatic N) is 2. The smallest absolute Gasteiger partial charge is 0.339 e. The highest BCUT2D eigenvalue weighted by Crippen LogP contribution is 2.36. The number of Topliss-reactive ketones (excluding diaryl/α,β-unsaturated/α-hetero) is 1. The molecule has 4 rings (SSSR count). The molecule has 0 bridgehead atoms. The fraction of sp³-hybridized carbons (Fsp3) is 0.214. The maximum Gasteiger partial charge on any atom is 0.339 e. The van der Waals surface area contributed by atoms with Crippen LogP contribution in [0.25, 0.3) is 22.6 Å². The number of ether oxygens (including phenoxy) is 2. The SMILES string of the molecule is COc1ccc(/C=C2\CCCc3c2nc2ccccc2c3C(=O)OCC(=O)/C(C#N)=C(\C)N)cc1. The molecule has 2 aromatic carbocycles. The van der Waals surface area contributed by atoms with Crippen molar-refractivity contribution < 1.29 is 19.1 Å². The Balaban J connectivity index is 1.75. The zero-order chi connectivity index (χ0) is 24.9. The molecular weight excluding hydrogens is 442 g/mol. The number of carbonyl (C=O) groups excluding carboxylic acids is 2. The number of nitriles is 1. The Kier molecular flexibility index (Phi) is 6.93. The van der Waals surface area contributed by atoms with Gasteiger partial charge in [0.2, 0.25) is 5.78 Å². The third-order valence-electron chi connectivity index (χ3n) is 5.95. The average molecular weight is 468 g/mol. The lowest BCUT2D eigenvalue weighted by molar-refractivity contribution is -0.118. The van der Waals surface area contributed by atoms with E-state index in [-0.39, 0.29) is 11.3 Å². The molecule has 1 aliphatic carbocycles. The molecule has 7 nitrogen and oxygen atoms in total. The van der Waals surface area contributed by atoms with Crippen molar-refractivity contribution in [2.24, 2.45) is 5.73 Å². The number of hydrogen-bond acceptors (Lipinski definition) is 7. The lowest BCUT2D eigenvalue weighted by Crippen LogP contribution is -2.20. The van der Waals surface area contributed by atoms with E-state index >= 15 is 0 Å². The first-order chi connectivity index (χ1) is 16.9. The van der Waals surface area contributed by atoms with Crippen LogP contribution in [0.1, 0.15) is 46.9 Å². The Hall–Kier alpha value is -4.44. The molecule has 0 spiro atoms. The van der Waals surface area contributed by atoms with Gasteiger partial charge in [-0.2, -0.15) is 5.26 Å². The molecule has 0 radical (unpaired) electrons. The van der Waals surface area contributed by atoms with Crippen LogP contribution in [0, 0.1) is 11.3 Å². The monoisotopic (exact) mass is 467 g/mol. The largest absolute Gasteiger partial charge is 0.497 e. The molecule has 0 unspecified atom stereocenters. The summed E-state index contributed by atoms with van der Waals surface area (Å²) in [6.45, 7) is 0.901. The zero-order valence-corrected chi connectivity index (χ0v) is 19.6. The molecule has 7 heteroatoms. The van der Waals surface area contributed by atoms with Crippen LogP contribution in [-0.2, 0) is 16.0 Å². The summed E-state index contributed by atoms with van der Waals surface area (Å²) in [6.07, 6.45) is 4.41. The molecule has 1 heterocycles. The van der Waals surface area contributed by atoms with E-state index in [1.54, 1.807) is 13.2 Å². The van der Waals surface area contributed by atoms with Crippen LogP contribution in [0.3, 0.4) is 0 Å². The van der Waals surface area contributed by atoms with Crippen LogP contribution in [0.4, 0.5) is 0 Å². The molecule has 0 amide bonds. The number of methoxy groups -OCH3 is 1. The number of pyridine rings is 1. The second kappa shape index (κ2) is 10.2. The Morgan fingerprint density at radius 3 is 2.57 bits per heavy atom. The number of carbonyl (C=O) groups is 2. The standard InChI is InChI=1S/C28H25N3O4/c1-17(30)23(15-29)25(32)16-35-28(33)26-21-7-3-4-9-24(21)31-27-19(6-5-8-22(26)27)14-18-10-12-20(34-2)13-11-18/h3-4,7,9-14H,5-6,8,16,30H2,1-2H3/b19-14+,23-17+. The minimum absolute atomic E-state index is 0.0913. The molecule has 0 aliphatic heterocycles. The van der Waals surface area contributed by atoms with Gasteiger partial charge in [0.1, 0.15) is 17.4 Å². The molecule has 176 valence electrons. The molecular formula is C28H25N3O4. The predicted octanol–water partition coefficient (Wildman–Crippen LogP) is 4.60. The van der Waals surface area contributed by atoms with Crippen molar-refractivity contribution in [1.82, 2.24) is 4.98 Å². The van der Waals surface area contributed by atoms with Crippen LogP contribution in [0.5, 0.6) is 5.75 Å². The first kappa shape index (κ1) is 23.7. The van der Waals surface area contributed by atoms with Gasteiger partial charge in [0.05, 0.1) is 23.9 Å². The normalized spacial score (nSPS) is 14.6. The van der Waals surface area contributed by atoms with E-state index in [0.29, 0.717) is 22.9 Å². The highest BCUT2D eigenvalue weighted by Gasteiger charge is 2.26. The van der Waals surface area contributed by atoms with E-state index in [2.05, 4.69) is 6.08 Å². The molecule has 35 heavy (non-hydrogen) atoms. The summed E-state index contributed by atoms with van der Waals surface area (Å²) in [5, 5.41) is 9.82. The van der Waals surface area contributed by atoms with Gasteiger partial charge in [-0.05, 0) is 67.2 Å². The third-order valence-corrected chi connectivity index (χ3v) is 5.95. The minimum atomic E-state index is -0.631. The van der Waals surface area contributed by atoms with Crippen LogP contribution in [-0.4, -0.2) is 30.5 Å². The molecule has 2 N–H and O–H groups in total. The summed E-state index contributed by atoms with van der Waals surface area (Å²) in [4.78, 5) is 30.5. The maximum atomic E-state index is 13.3. The van der Waals surface area contributed by atoms with E-state index in [0.717, 1.165) is 41.0 Å². The van der Waals surface area contributed by atoms with Crippen molar-refractivity contribution >= 4 is 34.3 Å². The number of benzene rings is 2. The Labute approximate surface area is 203 Å². The number of nitrogens with two attached hydrogens (primary N) is 1. The van der Waals surface area contributed by atoms with Gasteiger partial charge in [0.15, 0.2) is 6.61 Å². The number of allylic oxidation sites excluding steroid dienone is 2. The summed E-state index contributed by atoms with van der Waals surface area (Å²) in [7, 11) is 1.63. The lowest BCUT2D eigenvalue weighted by Gasteiger charge is -2.22. The van der Waals surface area contributed by atoms with Gasteiger partial charge in [0.25, 0.3) is 0 Å². The van der Waals surface area contributed by atoms with Gasteiger partial charge in [-0.3, -0.25) is 4.79 Å². The Morgan fingerprint density at radius 2 is 1.89 bits per heavy atom. The van der Waals surface area contributed by atoms with Crippen LogP contribution in [0.2, 0.25) is 0 Å². The lowest BCUT2D eigenvalue weighted by atomic mass is 9.86. The summed E-state index contributed by atoms with van der Waals surface area (Å²) in [5.41, 5.74) is 10.2. The number of rotatable bonds is 6. The minimum Gasteiger partial charge on any atom is -0.497 e. The average Bonchev–Trinajstić information content (AvgIpc) is 2.87. The van der Waals surface area contributed by atoms with E-state index in [1.807, 2.05) is 48.5 Å². The van der Waals surface area contributed by atoms with Crippen molar-refractivity contribution in [1.29, 1.82) is 5.26 Å². The fourth-order valence-electron chi connectivity index (χ4n) is 4.26. The fourth-order valence-corrected chi connectivity index (χ4v) is 4.26. The number of ketones is 1. The van der Waals surface area contributed by atoms with Crippen LogP contribution < -0.4 is 10.5 Å². The first-order valence-corrected chi connectivity index (χ1v) is 11.3. The maximum absolute atomic E-state index is 13.3. The van der Waals surface area contributed by atoms with Crippen molar-refractivity contribution in [2.75, 3.05) is 13.7 Å². The van der Waals surface area contributed by atoms with Crippen LogP contribution in [0.15, 0.2) is 59.8 Å². The number of para-hydroxylation sites is 1. The van der Waals surface area contributed by atoms with Gasteiger partial charge in [-0.1, -0.05) is 30.3 Å². The highest BCUT2D eigenvalue weighted by molar-refractivity contribution is 6.08. The van der Waals surface area contributed by atoms with Crippen molar-refractivity contribution in [3.05, 3.63) is 82.2 Å². The Bertz CT molecular complexity index is 1410. The molecule has 1 aliphatic rings. The van der Waals surface area contributed by atoms with Gasteiger partial charge in [-0.25, -0.2) is 9.78 Å². The van der Waals surface area contributed by atoms with Gasteiger partial charge in [-0.15, -0.1) is 0 Å². The highest BCUT2D eigenvalue weighted by atomic mass is 16.5. The molecule has 0 saturated heterocycles. The molecule has 3 aromatic rings. The van der Waals surface area contributed by atoms with E-state index in [4.69, 9.17) is 25.5 Å². The van der Waals surface area contributed by atoms with E-state index < -0.39 is 18.4 Å². The summed E-state index contributed by atoms with van der Waals surface area (Å²) in [6, 6.07) is 16.9. The van der Waals surface area contributed by atoms with E-state index in [1.165, 1.54) is 6.92 Å². The molecule has 0 fully saturated rings. The predicted molar refractivity (Wildman–Crippen MR) is 133 cm³/mol. The molecule has 0 saturated carbocycles. The third kappa shape index (κ3) is 4.92. The van der Waals surface area contributed by atoms with Gasteiger partial charge < -0.3 is 15.2 Å². The second-order valence-electron chi connectivity index (χ2n) is 8.30. The topological polar surface area (TPSA) is 115 Å². The van der Waals surface area contributed by atoms with Gasteiger partial charge >= 0.3 is 5.97 Å². The summed E-state index contributed by atoms with van der Waals surface area (Å²) < 4.78 is 10.6. The first-order valence-electron chi connectivity index (χ1n) is 11.3. The molecule has 0 atom stereocenters. The number of aromatic nitrogens is 1. The quantitative estimate of drug-likeness (QED) is 0.320. The number of hydrogen-bond donors (Lipinski definition) is 1. The van der Waals surface area contributed by atoms with E-state index in [9.17, 15) is 9.59 Å². The molecule has 1 aromatic heterocycles. The van der Waals surface area contributed by atoms with Gasteiger partial charge in [0, 0.05) is 11.1 Å². The van der Waals surface area contributed by atoms with Crippen molar-refractivity contribution in [2.45, 2.75) is 26.2 Å². The second-order valence-corrected chi connectivity index (χ2v) is 8.30.